The predicted octanol–water partition coefficient (Wildman–Crippen LogP) is 3.03. The van der Waals surface area contributed by atoms with Gasteiger partial charge in [-0.05, 0) is 22.3 Å². The summed E-state index contributed by atoms with van der Waals surface area (Å²) in [5, 5.41) is 2.44. The Hall–Kier alpha value is -3.81. The first-order chi connectivity index (χ1) is 15.1. The first-order valence-electron chi connectivity index (χ1n) is 9.90. The van der Waals surface area contributed by atoms with Gasteiger partial charge < -0.3 is 19.5 Å². The van der Waals surface area contributed by atoms with Gasteiger partial charge in [0.25, 0.3) is 0 Å². The number of nitrogens with zero attached hydrogens (tertiary/aromatic N) is 1. The Morgan fingerprint density at radius 2 is 1.74 bits per heavy atom. The van der Waals surface area contributed by atoms with Gasteiger partial charge in [-0.3, -0.25) is 4.90 Å². The fourth-order valence-electron chi connectivity index (χ4n) is 3.86. The molecule has 2 aromatic carbocycles. The first kappa shape index (κ1) is 20.5. The van der Waals surface area contributed by atoms with Crippen molar-refractivity contribution in [2.75, 3.05) is 26.5 Å². The van der Waals surface area contributed by atoms with Crippen LogP contribution in [0.2, 0.25) is 0 Å². The molecule has 0 aromatic heterocycles. The number of rotatable bonds is 6. The summed E-state index contributed by atoms with van der Waals surface area (Å²) in [6.07, 6.45) is 0.0259. The molecule has 0 spiro atoms. The Morgan fingerprint density at radius 1 is 1.10 bits per heavy atom. The third-order valence-electron chi connectivity index (χ3n) is 5.34. The molecule has 1 heterocycles. The van der Waals surface area contributed by atoms with Crippen molar-refractivity contribution in [1.29, 1.82) is 0 Å². The number of nitrogens with one attached hydrogen (secondary N) is 1. The Balaban J connectivity index is 1.41. The van der Waals surface area contributed by atoms with E-state index in [1.54, 1.807) is 0 Å². The second-order valence-electron chi connectivity index (χ2n) is 7.15. The number of alkyl carbamates (subject to hydrolysis) is 1. The number of fused-ring (bicyclic) bond motifs is 3. The van der Waals surface area contributed by atoms with E-state index in [0.717, 1.165) is 27.2 Å². The van der Waals surface area contributed by atoms with Crippen molar-refractivity contribution in [1.82, 2.24) is 10.2 Å². The van der Waals surface area contributed by atoms with Gasteiger partial charge in [-0.15, -0.1) is 0 Å². The zero-order valence-electron chi connectivity index (χ0n) is 16.8. The number of esters is 1. The van der Waals surface area contributed by atoms with Crippen molar-refractivity contribution in [3.05, 3.63) is 72.3 Å². The number of benzene rings is 2. The summed E-state index contributed by atoms with van der Waals surface area (Å²) in [5.74, 6) is -0.710. The van der Waals surface area contributed by atoms with E-state index < -0.39 is 24.2 Å². The molecule has 2 amide bonds. The maximum absolute atomic E-state index is 12.7. The minimum absolute atomic E-state index is 0.0387. The zero-order valence-corrected chi connectivity index (χ0v) is 16.8. The average molecular weight is 422 g/mol. The lowest BCUT2D eigenvalue weighted by Gasteiger charge is -2.21. The molecule has 2 aliphatic rings. The maximum atomic E-state index is 12.7. The van der Waals surface area contributed by atoms with Crippen molar-refractivity contribution >= 4 is 18.2 Å². The number of ether oxygens (including phenoxy) is 3. The molecular weight excluding hydrogens is 400 g/mol. The molecule has 8 heteroatoms. The lowest BCUT2D eigenvalue weighted by atomic mass is 9.98. The summed E-state index contributed by atoms with van der Waals surface area (Å²) in [5.41, 5.74) is 4.43. The zero-order chi connectivity index (χ0) is 21.8. The van der Waals surface area contributed by atoms with Crippen LogP contribution in [0.3, 0.4) is 0 Å². The van der Waals surface area contributed by atoms with E-state index in [1.807, 2.05) is 36.4 Å². The molecule has 0 radical (unpaired) electrons. The molecule has 1 aliphatic carbocycles. The Kier molecular flexibility index (Phi) is 5.88. The van der Waals surface area contributed by atoms with Crippen molar-refractivity contribution in [2.24, 2.45) is 0 Å². The van der Waals surface area contributed by atoms with Crippen molar-refractivity contribution < 1.29 is 28.6 Å². The highest BCUT2D eigenvalue weighted by Gasteiger charge is 2.40. The van der Waals surface area contributed by atoms with Gasteiger partial charge in [0.05, 0.1) is 6.54 Å². The molecule has 0 unspecified atom stereocenters. The fraction of sp³-hybridized carbons (Fsp3) is 0.261. The molecule has 31 heavy (non-hydrogen) atoms. The highest BCUT2D eigenvalue weighted by molar-refractivity contribution is 5.85. The van der Waals surface area contributed by atoms with Crippen LogP contribution in [0.5, 0.6) is 0 Å². The van der Waals surface area contributed by atoms with E-state index in [4.69, 9.17) is 14.2 Å². The molecule has 1 fully saturated rings. The summed E-state index contributed by atoms with van der Waals surface area (Å²) in [4.78, 5) is 37.5. The Bertz CT molecular complexity index is 975. The van der Waals surface area contributed by atoms with Gasteiger partial charge in [0, 0.05) is 5.92 Å². The number of cyclic esters (lactones) is 1. The highest BCUT2D eigenvalue weighted by atomic mass is 16.6. The standard InChI is InChI=1S/C23H22N2O6/c1-2-11-29-22(27)24-12-20-21(26)31-14-25(20)23(28)30-13-19-17-9-5-3-7-15(17)16-8-4-6-10-18(16)19/h2-10,19-20H,1,11-14H2,(H,24,27)/t20-/m0/s1. The van der Waals surface area contributed by atoms with Crippen LogP contribution in [-0.4, -0.2) is 55.6 Å². The number of carbonyl (C=O) groups excluding carboxylic acids is 3. The smallest absolute Gasteiger partial charge is 0.413 e. The summed E-state index contributed by atoms with van der Waals surface area (Å²) >= 11 is 0. The number of hydrogen-bond donors (Lipinski definition) is 1. The number of hydrogen-bond acceptors (Lipinski definition) is 6. The lowest BCUT2D eigenvalue weighted by molar-refractivity contribution is -0.139. The molecule has 2 aromatic rings. The van der Waals surface area contributed by atoms with Gasteiger partial charge in [-0.2, -0.15) is 0 Å². The first-order valence-corrected chi connectivity index (χ1v) is 9.90. The lowest BCUT2D eigenvalue weighted by Crippen LogP contribution is -2.46. The molecule has 1 N–H and O–H groups in total. The molecule has 0 bridgehead atoms. The predicted molar refractivity (Wildman–Crippen MR) is 111 cm³/mol. The minimum Gasteiger partial charge on any atom is -0.448 e. The van der Waals surface area contributed by atoms with Crippen LogP contribution in [0, 0.1) is 0 Å². The van der Waals surface area contributed by atoms with Crippen molar-refractivity contribution in [2.45, 2.75) is 12.0 Å². The molecule has 1 aliphatic heterocycles. The number of amides is 2. The van der Waals surface area contributed by atoms with E-state index in [9.17, 15) is 14.4 Å². The Labute approximate surface area is 179 Å². The van der Waals surface area contributed by atoms with Crippen molar-refractivity contribution in [3.63, 3.8) is 0 Å². The minimum atomic E-state index is -0.980. The van der Waals surface area contributed by atoms with Gasteiger partial charge in [-0.1, -0.05) is 61.2 Å². The van der Waals surface area contributed by atoms with Crippen LogP contribution in [-0.2, 0) is 19.0 Å². The van der Waals surface area contributed by atoms with E-state index in [0.29, 0.717) is 0 Å². The van der Waals surface area contributed by atoms with Crippen LogP contribution < -0.4 is 5.32 Å². The third-order valence-corrected chi connectivity index (χ3v) is 5.34. The summed E-state index contributed by atoms with van der Waals surface area (Å²) in [6, 6.07) is 15.1. The van der Waals surface area contributed by atoms with E-state index in [1.165, 1.54) is 6.08 Å². The molecule has 1 saturated heterocycles. The number of carbonyl (C=O) groups is 3. The molecule has 160 valence electrons. The second-order valence-corrected chi connectivity index (χ2v) is 7.15. The van der Waals surface area contributed by atoms with Crippen LogP contribution >= 0.6 is 0 Å². The summed E-state index contributed by atoms with van der Waals surface area (Å²) < 4.78 is 15.4. The van der Waals surface area contributed by atoms with Crippen LogP contribution in [0.15, 0.2) is 61.2 Å². The molecule has 8 nitrogen and oxygen atoms in total. The third kappa shape index (κ3) is 4.09. The van der Waals surface area contributed by atoms with E-state index in [-0.39, 0.29) is 32.4 Å². The van der Waals surface area contributed by atoms with E-state index in [2.05, 4.69) is 24.0 Å². The van der Waals surface area contributed by atoms with Gasteiger partial charge in [-0.25, -0.2) is 14.4 Å². The van der Waals surface area contributed by atoms with Gasteiger partial charge >= 0.3 is 18.2 Å². The van der Waals surface area contributed by atoms with Gasteiger partial charge in [0.1, 0.15) is 13.2 Å². The Morgan fingerprint density at radius 3 is 2.39 bits per heavy atom. The fourth-order valence-corrected chi connectivity index (χ4v) is 3.86. The van der Waals surface area contributed by atoms with Crippen LogP contribution in [0.4, 0.5) is 9.59 Å². The normalized spacial score (nSPS) is 16.8. The van der Waals surface area contributed by atoms with Gasteiger partial charge in [0.15, 0.2) is 12.8 Å². The molecular formula is C23H22N2O6. The average Bonchev–Trinajstić information content (AvgIpc) is 3.32. The largest absolute Gasteiger partial charge is 0.448 e. The van der Waals surface area contributed by atoms with Crippen LogP contribution in [0.1, 0.15) is 17.0 Å². The molecule has 1 atom stereocenters. The van der Waals surface area contributed by atoms with E-state index >= 15 is 0 Å². The topological polar surface area (TPSA) is 94.2 Å². The monoisotopic (exact) mass is 422 g/mol. The quantitative estimate of drug-likeness (QED) is 0.437. The summed E-state index contributed by atoms with van der Waals surface area (Å²) in [7, 11) is 0. The van der Waals surface area contributed by atoms with Crippen molar-refractivity contribution in [3.8, 4) is 11.1 Å². The van der Waals surface area contributed by atoms with Gasteiger partial charge in [0.2, 0.25) is 0 Å². The highest BCUT2D eigenvalue weighted by Crippen LogP contribution is 2.44. The maximum Gasteiger partial charge on any atom is 0.413 e. The summed E-state index contributed by atoms with van der Waals surface area (Å²) in [6.45, 7) is 3.24. The second kappa shape index (κ2) is 8.91. The van der Waals surface area contributed by atoms with Crippen LogP contribution in [0.25, 0.3) is 11.1 Å². The SMILES string of the molecule is C=CCOC(=O)NC[C@H]1C(=O)OCN1C(=O)OCC1c2ccccc2-c2ccccc21. The molecule has 0 saturated carbocycles. The molecule has 4 rings (SSSR count).